The molecule has 0 aromatic heterocycles. The van der Waals surface area contributed by atoms with Gasteiger partial charge in [-0.3, -0.25) is 9.69 Å². The Kier molecular flexibility index (Phi) is 7.20. The summed E-state index contributed by atoms with van der Waals surface area (Å²) in [6.07, 6.45) is 5.22. The average Bonchev–Trinajstić information content (AvgIpc) is 2.81. The second kappa shape index (κ2) is 10.2. The Bertz CT molecular complexity index is 921. The van der Waals surface area contributed by atoms with Crippen molar-refractivity contribution in [1.29, 1.82) is 0 Å². The molecule has 31 heavy (non-hydrogen) atoms. The number of nitrogens with zero attached hydrogens (tertiary/aromatic N) is 2. The largest absolute Gasteiger partial charge is 0.497 e. The molecular weight excluding hydrogens is 406 g/mol. The fraction of sp³-hybridized carbons (Fsp3) is 0.400. The van der Waals surface area contributed by atoms with Crippen LogP contribution in [0.15, 0.2) is 59.0 Å². The van der Waals surface area contributed by atoms with Gasteiger partial charge in [-0.25, -0.2) is 0 Å². The Morgan fingerprint density at radius 2 is 1.81 bits per heavy atom. The molecule has 0 radical (unpaired) electrons. The van der Waals surface area contributed by atoms with Crippen LogP contribution in [0.1, 0.15) is 24.8 Å². The first-order valence-electron chi connectivity index (χ1n) is 11.0. The van der Waals surface area contributed by atoms with E-state index in [1.165, 1.54) is 10.6 Å². The van der Waals surface area contributed by atoms with Crippen LogP contribution in [0.25, 0.3) is 6.08 Å². The van der Waals surface area contributed by atoms with Crippen molar-refractivity contribution in [2.45, 2.75) is 29.4 Å². The molecule has 1 fully saturated rings. The molecular formula is C25H31N3O2S. The number of carbonyl (C=O) groups excluding carboxylic acids is 1. The van der Waals surface area contributed by atoms with Crippen molar-refractivity contribution in [2.75, 3.05) is 44.7 Å². The van der Waals surface area contributed by atoms with Gasteiger partial charge in [-0.1, -0.05) is 24.6 Å². The van der Waals surface area contributed by atoms with E-state index in [9.17, 15) is 4.79 Å². The molecule has 0 spiro atoms. The summed E-state index contributed by atoms with van der Waals surface area (Å²) in [4.78, 5) is 18.2. The van der Waals surface area contributed by atoms with E-state index in [2.05, 4.69) is 34.1 Å². The van der Waals surface area contributed by atoms with E-state index in [-0.39, 0.29) is 11.2 Å². The Balaban J connectivity index is 1.21. The molecule has 0 aliphatic carbocycles. The van der Waals surface area contributed by atoms with Crippen molar-refractivity contribution < 1.29 is 9.53 Å². The summed E-state index contributed by atoms with van der Waals surface area (Å²) in [7, 11) is 1.70. The summed E-state index contributed by atoms with van der Waals surface area (Å²) in [5, 5.41) is 0.166. The summed E-state index contributed by atoms with van der Waals surface area (Å²) in [5.41, 5.74) is 8.80. The van der Waals surface area contributed by atoms with Gasteiger partial charge in [0.05, 0.1) is 7.11 Å². The number of carbonyl (C=O) groups is 1. The number of piperazine rings is 1. The number of benzene rings is 2. The van der Waals surface area contributed by atoms with Crippen molar-refractivity contribution >= 4 is 29.4 Å². The molecule has 4 rings (SSSR count). The number of hydrogen-bond donors (Lipinski definition) is 1. The van der Waals surface area contributed by atoms with E-state index < -0.39 is 0 Å². The van der Waals surface area contributed by atoms with E-state index in [1.54, 1.807) is 18.9 Å². The number of rotatable bonds is 8. The topological polar surface area (TPSA) is 58.8 Å². The van der Waals surface area contributed by atoms with Crippen molar-refractivity contribution in [3.63, 3.8) is 0 Å². The zero-order valence-corrected chi connectivity index (χ0v) is 18.9. The third-order valence-corrected chi connectivity index (χ3v) is 7.53. The number of nitrogens with two attached hydrogens (primary N) is 1. The van der Waals surface area contributed by atoms with Crippen LogP contribution in [0.4, 0.5) is 5.69 Å². The number of unbranched alkanes of at least 4 members (excludes halogenated alkanes) is 1. The summed E-state index contributed by atoms with van der Waals surface area (Å²) < 4.78 is 5.25. The van der Waals surface area contributed by atoms with Gasteiger partial charge in [0.2, 0.25) is 5.91 Å². The summed E-state index contributed by atoms with van der Waals surface area (Å²) >= 11 is 1.78. The summed E-state index contributed by atoms with van der Waals surface area (Å²) in [5.74, 6) is 0.609. The van der Waals surface area contributed by atoms with Gasteiger partial charge in [-0.05, 0) is 61.4 Å². The number of hydrogen-bond acceptors (Lipinski definition) is 5. The van der Waals surface area contributed by atoms with Gasteiger partial charge < -0.3 is 15.4 Å². The molecule has 2 aromatic carbocycles. The van der Waals surface area contributed by atoms with Crippen LogP contribution in [-0.2, 0) is 4.79 Å². The molecule has 2 N–H and O–H groups in total. The molecule has 2 aromatic rings. The van der Waals surface area contributed by atoms with E-state index in [4.69, 9.17) is 10.5 Å². The first-order chi connectivity index (χ1) is 15.1. The number of thioether (sulfide) groups is 1. The smallest absolute Gasteiger partial charge is 0.245 e. The zero-order valence-electron chi connectivity index (χ0n) is 18.1. The maximum absolute atomic E-state index is 12.0. The minimum atomic E-state index is -0.290. The van der Waals surface area contributed by atoms with Gasteiger partial charge in [0.25, 0.3) is 0 Å². The molecule has 0 bridgehead atoms. The third-order valence-electron chi connectivity index (χ3n) is 6.13. The molecule has 1 amide bonds. The Morgan fingerprint density at radius 3 is 2.52 bits per heavy atom. The van der Waals surface area contributed by atoms with Crippen LogP contribution in [0, 0.1) is 0 Å². The van der Waals surface area contributed by atoms with Crippen LogP contribution < -0.4 is 15.4 Å². The zero-order chi connectivity index (χ0) is 21.6. The van der Waals surface area contributed by atoms with Gasteiger partial charge >= 0.3 is 0 Å². The second-order valence-corrected chi connectivity index (χ2v) is 9.38. The molecule has 0 saturated carbocycles. The van der Waals surface area contributed by atoms with E-state index in [1.807, 2.05) is 30.3 Å². The number of methoxy groups -OCH3 is 1. The first kappa shape index (κ1) is 21.8. The van der Waals surface area contributed by atoms with Gasteiger partial charge in [0.15, 0.2) is 0 Å². The van der Waals surface area contributed by atoms with Gasteiger partial charge in [0.1, 0.15) is 5.75 Å². The van der Waals surface area contributed by atoms with Crippen LogP contribution in [-0.4, -0.2) is 55.9 Å². The lowest BCUT2D eigenvalue weighted by atomic mass is 10.0. The Labute approximate surface area is 189 Å². The number of amides is 1. The predicted octanol–water partition coefficient (Wildman–Crippen LogP) is 4.03. The molecule has 1 saturated heterocycles. The highest BCUT2D eigenvalue weighted by atomic mass is 32.2. The van der Waals surface area contributed by atoms with Crippen molar-refractivity contribution in [3.05, 3.63) is 59.7 Å². The number of fused-ring (bicyclic) bond motifs is 1. The molecule has 164 valence electrons. The van der Waals surface area contributed by atoms with Crippen molar-refractivity contribution in [1.82, 2.24) is 4.90 Å². The Morgan fingerprint density at radius 1 is 1.06 bits per heavy atom. The quantitative estimate of drug-likeness (QED) is 0.632. The molecule has 5 nitrogen and oxygen atoms in total. The maximum atomic E-state index is 12.0. The highest BCUT2D eigenvalue weighted by Crippen LogP contribution is 2.39. The van der Waals surface area contributed by atoms with Crippen LogP contribution >= 0.6 is 11.8 Å². The van der Waals surface area contributed by atoms with E-state index in [0.717, 1.165) is 68.9 Å². The molecule has 1 unspecified atom stereocenters. The summed E-state index contributed by atoms with van der Waals surface area (Å²) in [6.45, 7) is 5.39. The highest BCUT2D eigenvalue weighted by Gasteiger charge is 2.25. The maximum Gasteiger partial charge on any atom is 0.245 e. The number of primary amides is 1. The lowest BCUT2D eigenvalue weighted by Gasteiger charge is -2.36. The minimum Gasteiger partial charge on any atom is -0.497 e. The predicted molar refractivity (Wildman–Crippen MR) is 129 cm³/mol. The third kappa shape index (κ3) is 5.43. The summed E-state index contributed by atoms with van der Waals surface area (Å²) in [6, 6.07) is 16.6. The van der Waals surface area contributed by atoms with Crippen LogP contribution in [0.3, 0.4) is 0 Å². The van der Waals surface area contributed by atoms with E-state index >= 15 is 0 Å². The molecule has 2 aliphatic rings. The monoisotopic (exact) mass is 437 g/mol. The first-order valence-corrected chi connectivity index (χ1v) is 11.9. The fourth-order valence-electron chi connectivity index (χ4n) is 4.32. The van der Waals surface area contributed by atoms with E-state index in [0.29, 0.717) is 0 Å². The SMILES string of the molecule is COc1ccc(N2CCN(CCCCC3Sc4ccccc4C=C3C(N)=O)CC2)cc1. The number of ether oxygens (including phenoxy) is 1. The van der Waals surface area contributed by atoms with Gasteiger partial charge in [-0.2, -0.15) is 0 Å². The van der Waals surface area contributed by atoms with Crippen LogP contribution in [0.5, 0.6) is 5.75 Å². The molecule has 1 atom stereocenters. The molecule has 6 heteroatoms. The minimum absolute atomic E-state index is 0.166. The standard InChI is InChI=1S/C25H31N3O2S/c1-30-21-11-9-20(10-12-21)28-16-14-27(15-17-28)13-5-4-8-24-22(25(26)29)18-19-6-2-3-7-23(19)31-24/h2-3,6-7,9-12,18,24H,4-5,8,13-17H2,1H3,(H2,26,29). The molecule has 2 heterocycles. The Hall–Kier alpha value is -2.44. The van der Waals surface area contributed by atoms with Crippen LogP contribution in [0.2, 0.25) is 0 Å². The van der Waals surface area contributed by atoms with Gasteiger partial charge in [0, 0.05) is 47.6 Å². The van der Waals surface area contributed by atoms with Crippen molar-refractivity contribution in [2.24, 2.45) is 5.73 Å². The average molecular weight is 438 g/mol. The molecule has 2 aliphatic heterocycles. The number of anilines is 1. The highest BCUT2D eigenvalue weighted by molar-refractivity contribution is 8.00. The lowest BCUT2D eigenvalue weighted by Crippen LogP contribution is -2.46. The second-order valence-electron chi connectivity index (χ2n) is 8.13. The fourth-order valence-corrected chi connectivity index (χ4v) is 5.64. The normalized spacial score (nSPS) is 18.9. The van der Waals surface area contributed by atoms with Gasteiger partial charge in [-0.15, -0.1) is 11.8 Å². The van der Waals surface area contributed by atoms with Crippen molar-refractivity contribution in [3.8, 4) is 5.75 Å². The lowest BCUT2D eigenvalue weighted by molar-refractivity contribution is -0.114.